The molecule has 2 aromatic carbocycles. The van der Waals surface area contributed by atoms with Crippen molar-refractivity contribution in [2.24, 2.45) is 0 Å². The molecule has 0 aromatic heterocycles. The summed E-state index contributed by atoms with van der Waals surface area (Å²) in [6.45, 7) is 1.68. The first-order valence-electron chi connectivity index (χ1n) is 9.26. The smallest absolute Gasteiger partial charge is 0.329 e. The highest BCUT2D eigenvalue weighted by atomic mass is 16.5. The van der Waals surface area contributed by atoms with E-state index in [9.17, 15) is 14.4 Å². The Morgan fingerprint density at radius 2 is 1.82 bits per heavy atom. The third-order valence-electron chi connectivity index (χ3n) is 5.16. The number of carbonyl (C=O) groups excluding carboxylic acids is 3. The summed E-state index contributed by atoms with van der Waals surface area (Å²) in [5.41, 5.74) is 2.17. The van der Waals surface area contributed by atoms with E-state index in [1.165, 1.54) is 25.6 Å². The Bertz CT molecular complexity index is 992. The number of ether oxygens (including phenoxy) is 1. The predicted octanol–water partition coefficient (Wildman–Crippen LogP) is 2.51. The highest BCUT2D eigenvalue weighted by molar-refractivity contribution is 6.16. The molecule has 2 heterocycles. The van der Waals surface area contributed by atoms with Gasteiger partial charge in [0.2, 0.25) is 0 Å². The molecule has 144 valence electrons. The average Bonchev–Trinajstić information content (AvgIpc) is 3.33. The summed E-state index contributed by atoms with van der Waals surface area (Å²) >= 11 is 0. The van der Waals surface area contributed by atoms with Crippen molar-refractivity contribution < 1.29 is 19.1 Å². The lowest BCUT2D eigenvalue weighted by molar-refractivity contribution is -0.143. The molecule has 2 aliphatic heterocycles. The quantitative estimate of drug-likeness (QED) is 0.502. The maximum Gasteiger partial charge on any atom is 0.329 e. The number of esters is 1. The molecule has 0 aliphatic carbocycles. The summed E-state index contributed by atoms with van der Waals surface area (Å²) in [6, 6.07) is 11.4. The van der Waals surface area contributed by atoms with Crippen molar-refractivity contribution in [2.45, 2.75) is 12.8 Å². The molecule has 2 aliphatic rings. The molecule has 0 unspecified atom stereocenters. The Morgan fingerprint density at radius 1 is 1.11 bits per heavy atom. The Labute approximate surface area is 162 Å². The Morgan fingerprint density at radius 3 is 2.54 bits per heavy atom. The van der Waals surface area contributed by atoms with Crippen LogP contribution in [0.1, 0.15) is 18.4 Å². The van der Waals surface area contributed by atoms with E-state index in [-0.39, 0.29) is 5.70 Å². The Hall–Kier alpha value is -3.35. The number of hydrogen-bond acceptors (Lipinski definition) is 5. The molecule has 4 rings (SSSR count). The lowest BCUT2D eigenvalue weighted by Crippen LogP contribution is -2.36. The lowest BCUT2D eigenvalue weighted by atomic mass is 10.0. The SMILES string of the molecule is COC(=O)CN1C(=O)N/C(=C/c2ccc(N3CCCC3)c3ccccc23)C1=O. The fraction of sp³-hybridized carbons (Fsp3) is 0.286. The van der Waals surface area contributed by atoms with Gasteiger partial charge in [-0.1, -0.05) is 30.3 Å². The minimum atomic E-state index is -0.648. The normalized spacial score (nSPS) is 18.2. The van der Waals surface area contributed by atoms with Crippen LogP contribution in [-0.4, -0.2) is 49.6 Å². The van der Waals surface area contributed by atoms with Gasteiger partial charge in [0.25, 0.3) is 5.91 Å². The summed E-state index contributed by atoms with van der Waals surface area (Å²) in [6.07, 6.45) is 4.04. The van der Waals surface area contributed by atoms with Gasteiger partial charge in [-0.15, -0.1) is 0 Å². The third-order valence-corrected chi connectivity index (χ3v) is 5.16. The number of amides is 3. The first-order chi connectivity index (χ1) is 13.6. The number of anilines is 1. The minimum Gasteiger partial charge on any atom is -0.468 e. The summed E-state index contributed by atoms with van der Waals surface area (Å²) < 4.78 is 4.54. The molecule has 0 radical (unpaired) electrons. The van der Waals surface area contributed by atoms with Crippen LogP contribution in [0, 0.1) is 0 Å². The van der Waals surface area contributed by atoms with Crippen molar-refractivity contribution in [2.75, 3.05) is 31.6 Å². The van der Waals surface area contributed by atoms with E-state index >= 15 is 0 Å². The molecule has 2 saturated heterocycles. The van der Waals surface area contributed by atoms with E-state index in [4.69, 9.17) is 0 Å². The number of rotatable bonds is 4. The van der Waals surface area contributed by atoms with Crippen LogP contribution in [0.25, 0.3) is 16.8 Å². The van der Waals surface area contributed by atoms with Crippen molar-refractivity contribution in [1.29, 1.82) is 0 Å². The molecule has 2 fully saturated rings. The zero-order valence-corrected chi connectivity index (χ0v) is 15.6. The van der Waals surface area contributed by atoms with Crippen LogP contribution in [0.2, 0.25) is 0 Å². The van der Waals surface area contributed by atoms with E-state index in [2.05, 4.69) is 27.1 Å². The second kappa shape index (κ2) is 7.34. The molecule has 2 aromatic rings. The number of hydrogen-bond donors (Lipinski definition) is 1. The van der Waals surface area contributed by atoms with Gasteiger partial charge in [0.15, 0.2) is 0 Å². The van der Waals surface area contributed by atoms with Gasteiger partial charge in [0.1, 0.15) is 12.2 Å². The summed E-state index contributed by atoms with van der Waals surface area (Å²) in [5.74, 6) is -1.19. The minimum absolute atomic E-state index is 0.146. The van der Waals surface area contributed by atoms with Crippen LogP contribution in [0.4, 0.5) is 10.5 Å². The van der Waals surface area contributed by atoms with Crippen LogP contribution in [0.5, 0.6) is 0 Å². The summed E-state index contributed by atoms with van der Waals surface area (Å²) in [4.78, 5) is 39.3. The topological polar surface area (TPSA) is 79.0 Å². The van der Waals surface area contributed by atoms with Crippen LogP contribution in [0.3, 0.4) is 0 Å². The van der Waals surface area contributed by atoms with E-state index in [1.54, 1.807) is 6.08 Å². The number of carbonyl (C=O) groups is 3. The number of methoxy groups -OCH3 is 1. The fourth-order valence-electron chi connectivity index (χ4n) is 3.73. The monoisotopic (exact) mass is 379 g/mol. The van der Waals surface area contributed by atoms with Gasteiger partial charge in [-0.25, -0.2) is 9.69 Å². The van der Waals surface area contributed by atoms with Crippen molar-refractivity contribution in [3.8, 4) is 0 Å². The molecule has 1 N–H and O–H groups in total. The Kier molecular flexibility index (Phi) is 4.73. The maximum atomic E-state index is 12.5. The number of imide groups is 1. The average molecular weight is 379 g/mol. The zero-order valence-electron chi connectivity index (χ0n) is 15.6. The van der Waals surface area contributed by atoms with Crippen molar-refractivity contribution in [3.63, 3.8) is 0 Å². The standard InChI is InChI=1S/C21H21N3O4/c1-28-19(25)13-24-20(26)17(22-21(24)27)12-14-8-9-18(23-10-4-5-11-23)16-7-3-2-6-15(14)16/h2-3,6-9,12H,4-5,10-11,13H2,1H3,(H,22,27)/b17-12+. The number of nitrogens with zero attached hydrogens (tertiary/aromatic N) is 2. The second-order valence-electron chi connectivity index (χ2n) is 6.87. The van der Waals surface area contributed by atoms with Crippen LogP contribution in [-0.2, 0) is 14.3 Å². The molecule has 0 spiro atoms. The lowest BCUT2D eigenvalue weighted by Gasteiger charge is -2.20. The molecular weight excluding hydrogens is 358 g/mol. The fourth-order valence-corrected chi connectivity index (χ4v) is 3.73. The van der Waals surface area contributed by atoms with Crippen LogP contribution >= 0.6 is 0 Å². The Balaban J connectivity index is 1.70. The van der Waals surface area contributed by atoms with Gasteiger partial charge in [0, 0.05) is 24.2 Å². The first-order valence-corrected chi connectivity index (χ1v) is 9.26. The van der Waals surface area contributed by atoms with Gasteiger partial charge in [0.05, 0.1) is 7.11 Å². The van der Waals surface area contributed by atoms with E-state index in [1.807, 2.05) is 24.3 Å². The molecular formula is C21H21N3O4. The van der Waals surface area contributed by atoms with Gasteiger partial charge in [-0.05, 0) is 35.9 Å². The second-order valence-corrected chi connectivity index (χ2v) is 6.87. The summed E-state index contributed by atoms with van der Waals surface area (Å²) in [5, 5.41) is 4.67. The maximum absolute atomic E-state index is 12.5. The van der Waals surface area contributed by atoms with Gasteiger partial charge in [-0.3, -0.25) is 9.59 Å². The molecule has 3 amide bonds. The van der Waals surface area contributed by atoms with Crippen molar-refractivity contribution in [1.82, 2.24) is 10.2 Å². The molecule has 0 atom stereocenters. The van der Waals surface area contributed by atoms with Gasteiger partial charge < -0.3 is 15.0 Å². The highest BCUT2D eigenvalue weighted by Crippen LogP contribution is 2.32. The third kappa shape index (κ3) is 3.19. The number of urea groups is 1. The van der Waals surface area contributed by atoms with Gasteiger partial charge >= 0.3 is 12.0 Å². The molecule has 7 heteroatoms. The van der Waals surface area contributed by atoms with Gasteiger partial charge in [-0.2, -0.15) is 0 Å². The van der Waals surface area contributed by atoms with Crippen LogP contribution in [0.15, 0.2) is 42.1 Å². The van der Waals surface area contributed by atoms with Crippen molar-refractivity contribution >= 4 is 40.4 Å². The van der Waals surface area contributed by atoms with E-state index < -0.39 is 24.5 Å². The molecule has 28 heavy (non-hydrogen) atoms. The number of benzene rings is 2. The largest absolute Gasteiger partial charge is 0.468 e. The highest BCUT2D eigenvalue weighted by Gasteiger charge is 2.35. The van der Waals surface area contributed by atoms with Crippen LogP contribution < -0.4 is 10.2 Å². The molecule has 0 bridgehead atoms. The molecule has 7 nitrogen and oxygen atoms in total. The number of nitrogens with one attached hydrogen (secondary N) is 1. The predicted molar refractivity (Wildman–Crippen MR) is 106 cm³/mol. The number of fused-ring (bicyclic) bond motifs is 1. The molecule has 0 saturated carbocycles. The zero-order chi connectivity index (χ0) is 19.7. The van der Waals surface area contributed by atoms with E-state index in [0.717, 1.165) is 34.3 Å². The van der Waals surface area contributed by atoms with E-state index in [0.29, 0.717) is 0 Å². The van der Waals surface area contributed by atoms with Crippen molar-refractivity contribution in [3.05, 3.63) is 47.7 Å². The summed E-state index contributed by atoms with van der Waals surface area (Å²) in [7, 11) is 1.21. The first kappa shape index (κ1) is 18.0.